The summed E-state index contributed by atoms with van der Waals surface area (Å²) in [6.45, 7) is 5.39. The Morgan fingerprint density at radius 3 is 2.44 bits per heavy atom. The Hall–Kier alpha value is -0.570. The molecular formula is C15H28N2O. The lowest BCUT2D eigenvalue weighted by Crippen LogP contribution is -2.46. The third-order valence-electron chi connectivity index (χ3n) is 4.87. The molecule has 5 atom stereocenters. The molecule has 0 aromatic carbocycles. The molecule has 3 N–H and O–H groups in total. The summed E-state index contributed by atoms with van der Waals surface area (Å²) in [6, 6.07) is 0.0729. The van der Waals surface area contributed by atoms with Crippen molar-refractivity contribution in [2.24, 2.45) is 29.4 Å². The summed E-state index contributed by atoms with van der Waals surface area (Å²) < 4.78 is 0. The van der Waals surface area contributed by atoms with E-state index in [2.05, 4.69) is 19.2 Å². The monoisotopic (exact) mass is 252 g/mol. The highest BCUT2D eigenvalue weighted by atomic mass is 16.1. The molecule has 0 aliphatic heterocycles. The van der Waals surface area contributed by atoms with Gasteiger partial charge in [0.2, 0.25) is 5.91 Å². The maximum Gasteiger partial charge on any atom is 0.224 e. The van der Waals surface area contributed by atoms with E-state index >= 15 is 0 Å². The van der Waals surface area contributed by atoms with Gasteiger partial charge in [-0.25, -0.2) is 0 Å². The maximum absolute atomic E-state index is 12.2. The van der Waals surface area contributed by atoms with Crippen LogP contribution >= 0.6 is 0 Å². The molecule has 1 amide bonds. The molecule has 0 saturated heterocycles. The van der Waals surface area contributed by atoms with Crippen molar-refractivity contribution in [1.82, 2.24) is 5.32 Å². The third kappa shape index (κ3) is 3.47. The molecule has 3 heteroatoms. The summed E-state index contributed by atoms with van der Waals surface area (Å²) in [5.74, 6) is 2.43. The van der Waals surface area contributed by atoms with Gasteiger partial charge >= 0.3 is 0 Å². The van der Waals surface area contributed by atoms with Crippen molar-refractivity contribution in [2.75, 3.05) is 6.54 Å². The van der Waals surface area contributed by atoms with Crippen LogP contribution in [-0.4, -0.2) is 18.5 Å². The number of nitrogens with two attached hydrogens (primary N) is 1. The van der Waals surface area contributed by atoms with Gasteiger partial charge in [0.25, 0.3) is 0 Å². The van der Waals surface area contributed by atoms with Crippen molar-refractivity contribution in [3.8, 4) is 0 Å². The summed E-state index contributed by atoms with van der Waals surface area (Å²) in [5.41, 5.74) is 6.09. The fourth-order valence-corrected chi connectivity index (χ4v) is 3.59. The van der Waals surface area contributed by atoms with Crippen LogP contribution in [0.4, 0.5) is 0 Å². The highest BCUT2D eigenvalue weighted by Crippen LogP contribution is 2.30. The van der Waals surface area contributed by atoms with E-state index in [9.17, 15) is 4.79 Å². The second-order valence-electron chi connectivity index (χ2n) is 6.72. The molecule has 0 aromatic heterocycles. The smallest absolute Gasteiger partial charge is 0.224 e. The van der Waals surface area contributed by atoms with E-state index in [0.717, 1.165) is 25.3 Å². The maximum atomic E-state index is 12.2. The minimum Gasteiger partial charge on any atom is -0.356 e. The van der Waals surface area contributed by atoms with Crippen molar-refractivity contribution in [1.29, 1.82) is 0 Å². The van der Waals surface area contributed by atoms with Gasteiger partial charge in [-0.1, -0.05) is 20.3 Å². The molecule has 0 radical (unpaired) electrons. The first-order valence-corrected chi connectivity index (χ1v) is 7.59. The van der Waals surface area contributed by atoms with E-state index in [1.165, 1.54) is 25.7 Å². The van der Waals surface area contributed by atoms with Crippen LogP contribution < -0.4 is 11.1 Å². The minimum atomic E-state index is 0.0487. The first-order valence-electron chi connectivity index (χ1n) is 7.59. The largest absolute Gasteiger partial charge is 0.356 e. The summed E-state index contributed by atoms with van der Waals surface area (Å²) in [6.07, 6.45) is 7.00. The fourth-order valence-electron chi connectivity index (χ4n) is 3.59. The topological polar surface area (TPSA) is 55.1 Å². The van der Waals surface area contributed by atoms with Crippen LogP contribution in [-0.2, 0) is 4.79 Å². The van der Waals surface area contributed by atoms with E-state index < -0.39 is 0 Å². The Kier molecular flexibility index (Phi) is 4.66. The molecule has 18 heavy (non-hydrogen) atoms. The van der Waals surface area contributed by atoms with Crippen LogP contribution in [0.1, 0.15) is 52.4 Å². The summed E-state index contributed by atoms with van der Waals surface area (Å²) >= 11 is 0. The number of hydrogen-bond acceptors (Lipinski definition) is 2. The lowest BCUT2D eigenvalue weighted by Gasteiger charge is -2.31. The average molecular weight is 252 g/mol. The van der Waals surface area contributed by atoms with Crippen molar-refractivity contribution < 1.29 is 4.79 Å². The van der Waals surface area contributed by atoms with E-state index in [1.807, 2.05) is 0 Å². The first-order chi connectivity index (χ1) is 8.56. The van der Waals surface area contributed by atoms with Crippen LogP contribution in [0.5, 0.6) is 0 Å². The molecule has 0 spiro atoms. The number of carbonyl (C=O) groups excluding carboxylic acids is 1. The Morgan fingerprint density at radius 2 is 1.78 bits per heavy atom. The highest BCUT2D eigenvalue weighted by Gasteiger charge is 2.32. The van der Waals surface area contributed by atoms with E-state index in [0.29, 0.717) is 11.8 Å². The van der Waals surface area contributed by atoms with Gasteiger partial charge in [-0.2, -0.15) is 0 Å². The highest BCUT2D eigenvalue weighted by molar-refractivity contribution is 5.79. The van der Waals surface area contributed by atoms with Crippen molar-refractivity contribution in [3.63, 3.8) is 0 Å². The van der Waals surface area contributed by atoms with Crippen LogP contribution in [0, 0.1) is 23.7 Å². The van der Waals surface area contributed by atoms with Gasteiger partial charge in [0, 0.05) is 12.6 Å². The SMILES string of the molecule is CC1CCC(CNC(=O)C2CC(C)CCC2N)C1. The second-order valence-corrected chi connectivity index (χ2v) is 6.72. The van der Waals surface area contributed by atoms with Gasteiger partial charge in [0.05, 0.1) is 5.92 Å². The Balaban J connectivity index is 1.76. The van der Waals surface area contributed by atoms with Gasteiger partial charge in [-0.05, 0) is 49.9 Å². The standard InChI is InChI=1S/C15H28N2O/c1-10-3-5-12(7-10)9-17-15(18)13-8-11(2)4-6-14(13)16/h10-14H,3-9,16H2,1-2H3,(H,17,18). The van der Waals surface area contributed by atoms with E-state index in [1.54, 1.807) is 0 Å². The summed E-state index contributed by atoms with van der Waals surface area (Å²) in [4.78, 5) is 12.2. The molecule has 0 aromatic rings. The van der Waals surface area contributed by atoms with Crippen molar-refractivity contribution in [2.45, 2.75) is 58.4 Å². The van der Waals surface area contributed by atoms with E-state index in [-0.39, 0.29) is 17.9 Å². The zero-order valence-corrected chi connectivity index (χ0v) is 11.8. The van der Waals surface area contributed by atoms with Crippen molar-refractivity contribution in [3.05, 3.63) is 0 Å². The Labute approximate surface area is 111 Å². The normalized spacial score (nSPS) is 40.7. The number of hydrogen-bond donors (Lipinski definition) is 2. The molecule has 5 unspecified atom stereocenters. The van der Waals surface area contributed by atoms with Crippen LogP contribution in [0.3, 0.4) is 0 Å². The molecule has 2 rings (SSSR count). The van der Waals surface area contributed by atoms with Crippen LogP contribution in [0.25, 0.3) is 0 Å². The Morgan fingerprint density at radius 1 is 1.11 bits per heavy atom. The predicted octanol–water partition coefficient (Wildman–Crippen LogP) is 2.30. The van der Waals surface area contributed by atoms with Crippen LogP contribution in [0.2, 0.25) is 0 Å². The number of rotatable bonds is 3. The Bertz CT molecular complexity index is 292. The van der Waals surface area contributed by atoms with E-state index in [4.69, 9.17) is 5.73 Å². The summed E-state index contributed by atoms with van der Waals surface area (Å²) in [5, 5.41) is 3.15. The van der Waals surface area contributed by atoms with Crippen molar-refractivity contribution >= 4 is 5.91 Å². The number of nitrogens with one attached hydrogen (secondary N) is 1. The summed E-state index contributed by atoms with van der Waals surface area (Å²) in [7, 11) is 0. The molecule has 2 aliphatic carbocycles. The minimum absolute atomic E-state index is 0.0487. The molecule has 2 fully saturated rings. The molecule has 0 heterocycles. The van der Waals surface area contributed by atoms with Gasteiger partial charge in [0.1, 0.15) is 0 Å². The molecule has 2 aliphatic rings. The fraction of sp³-hybridized carbons (Fsp3) is 0.933. The lowest BCUT2D eigenvalue weighted by atomic mass is 9.78. The third-order valence-corrected chi connectivity index (χ3v) is 4.87. The average Bonchev–Trinajstić information content (AvgIpc) is 2.75. The quantitative estimate of drug-likeness (QED) is 0.810. The van der Waals surface area contributed by atoms with Gasteiger partial charge in [-0.15, -0.1) is 0 Å². The molecule has 104 valence electrons. The molecular weight excluding hydrogens is 224 g/mol. The predicted molar refractivity (Wildman–Crippen MR) is 74.0 cm³/mol. The number of carbonyl (C=O) groups is 1. The zero-order valence-electron chi connectivity index (χ0n) is 11.8. The molecule has 2 saturated carbocycles. The second kappa shape index (κ2) is 6.05. The molecule has 3 nitrogen and oxygen atoms in total. The van der Waals surface area contributed by atoms with Gasteiger partial charge in [0.15, 0.2) is 0 Å². The van der Waals surface area contributed by atoms with Gasteiger partial charge in [-0.3, -0.25) is 4.79 Å². The first kappa shape index (κ1) is 13.9. The number of amides is 1. The van der Waals surface area contributed by atoms with Crippen LogP contribution in [0.15, 0.2) is 0 Å². The zero-order chi connectivity index (χ0) is 13.1. The lowest BCUT2D eigenvalue weighted by molar-refractivity contribution is -0.127. The van der Waals surface area contributed by atoms with Gasteiger partial charge < -0.3 is 11.1 Å². The molecule has 0 bridgehead atoms.